The van der Waals surface area contributed by atoms with Gasteiger partial charge in [0.15, 0.2) is 0 Å². The predicted octanol–water partition coefficient (Wildman–Crippen LogP) is 3.57. The van der Waals surface area contributed by atoms with Gasteiger partial charge in [0.25, 0.3) is 0 Å². The summed E-state index contributed by atoms with van der Waals surface area (Å²) in [6.07, 6.45) is -1.94. The minimum Gasteiger partial charge on any atom is -0.465 e. The van der Waals surface area contributed by atoms with Crippen molar-refractivity contribution < 1.29 is 35.3 Å². The first-order valence-electron chi connectivity index (χ1n) is 7.23. The van der Waals surface area contributed by atoms with Gasteiger partial charge in [-0.05, 0) is 17.9 Å². The molecule has 0 radical (unpaired) electrons. The number of esters is 1. The molecule has 0 N–H and O–H groups in total. The van der Waals surface area contributed by atoms with Crippen LogP contribution >= 0.6 is 0 Å². The van der Waals surface area contributed by atoms with Crippen molar-refractivity contribution in [2.75, 3.05) is 6.61 Å². The third kappa shape index (κ3) is 6.48. The summed E-state index contributed by atoms with van der Waals surface area (Å²) in [5.41, 5.74) is -5.31. The molecule has 0 aliphatic carbocycles. The summed E-state index contributed by atoms with van der Waals surface area (Å²) in [5, 5.41) is 0. The van der Waals surface area contributed by atoms with Crippen molar-refractivity contribution in [1.29, 1.82) is 0 Å². The summed E-state index contributed by atoms with van der Waals surface area (Å²) in [4.78, 5) is 11.6. The van der Waals surface area contributed by atoms with Gasteiger partial charge in [-0.15, -0.1) is 0 Å². The summed E-state index contributed by atoms with van der Waals surface area (Å²) in [7, 11) is -5.77. The summed E-state index contributed by atoms with van der Waals surface area (Å²) in [6, 6.07) is 7.54. The second-order valence-electron chi connectivity index (χ2n) is 5.51. The fraction of sp³-hybridized carbons (Fsp3) is 0.533. The smallest absolute Gasteiger partial charge is 0.465 e. The number of ether oxygens (including phenoxy) is 1. The number of rotatable bonds is 8. The van der Waals surface area contributed by atoms with E-state index in [2.05, 4.69) is 4.18 Å². The first kappa shape index (κ1) is 20.4. The van der Waals surface area contributed by atoms with Crippen molar-refractivity contribution in [3.8, 4) is 0 Å². The maximum absolute atomic E-state index is 12.5. The standard InChI is InChI=1S/C15H19F3O5S/c1-11(2)10-22-14(19)9-8-13(12-6-4-3-5-7-12)23-24(20,21)15(16,17)18/h3-7,11,13H,8-10H2,1-2H3. The molecule has 0 aromatic heterocycles. The molecule has 1 atom stereocenters. The largest absolute Gasteiger partial charge is 0.523 e. The second kappa shape index (κ2) is 8.48. The van der Waals surface area contributed by atoms with E-state index in [9.17, 15) is 26.4 Å². The summed E-state index contributed by atoms with van der Waals surface area (Å²) >= 11 is 0. The number of halogens is 3. The van der Waals surface area contributed by atoms with Crippen LogP contribution in [-0.2, 0) is 23.8 Å². The number of carbonyl (C=O) groups is 1. The van der Waals surface area contributed by atoms with E-state index in [1.807, 2.05) is 13.8 Å². The number of hydrogen-bond acceptors (Lipinski definition) is 5. The van der Waals surface area contributed by atoms with Crippen molar-refractivity contribution in [2.45, 2.75) is 38.3 Å². The van der Waals surface area contributed by atoms with E-state index in [1.165, 1.54) is 24.3 Å². The van der Waals surface area contributed by atoms with Gasteiger partial charge in [-0.25, -0.2) is 0 Å². The molecule has 0 saturated heterocycles. The zero-order chi connectivity index (χ0) is 18.4. The van der Waals surface area contributed by atoms with Crippen LogP contribution in [0.3, 0.4) is 0 Å². The highest BCUT2D eigenvalue weighted by molar-refractivity contribution is 7.87. The minimum atomic E-state index is -5.77. The van der Waals surface area contributed by atoms with Crippen molar-refractivity contribution in [2.24, 2.45) is 5.92 Å². The Kier molecular flexibility index (Phi) is 7.22. The highest BCUT2D eigenvalue weighted by atomic mass is 32.2. The van der Waals surface area contributed by atoms with Gasteiger partial charge in [-0.1, -0.05) is 44.2 Å². The van der Waals surface area contributed by atoms with Gasteiger partial charge in [0.2, 0.25) is 0 Å². The first-order valence-corrected chi connectivity index (χ1v) is 8.64. The molecule has 1 unspecified atom stereocenters. The highest BCUT2D eigenvalue weighted by Gasteiger charge is 2.48. The molecule has 0 spiro atoms. The van der Waals surface area contributed by atoms with Crippen LogP contribution in [-0.4, -0.2) is 26.5 Å². The van der Waals surface area contributed by atoms with E-state index < -0.39 is 27.7 Å². The van der Waals surface area contributed by atoms with Gasteiger partial charge in [0, 0.05) is 6.42 Å². The van der Waals surface area contributed by atoms with Gasteiger partial charge in [-0.3, -0.25) is 8.98 Å². The van der Waals surface area contributed by atoms with Crippen LogP contribution in [0.4, 0.5) is 13.2 Å². The maximum atomic E-state index is 12.5. The molecule has 0 fully saturated rings. The van der Waals surface area contributed by atoms with E-state index in [4.69, 9.17) is 4.74 Å². The van der Waals surface area contributed by atoms with Crippen LogP contribution in [0.5, 0.6) is 0 Å². The molecule has 5 nitrogen and oxygen atoms in total. The third-order valence-corrected chi connectivity index (χ3v) is 3.94. The van der Waals surface area contributed by atoms with E-state index >= 15 is 0 Å². The molecule has 1 rings (SSSR count). The number of carbonyl (C=O) groups excluding carboxylic acids is 1. The Morgan fingerprint density at radius 3 is 2.25 bits per heavy atom. The van der Waals surface area contributed by atoms with Crippen molar-refractivity contribution in [3.05, 3.63) is 35.9 Å². The van der Waals surface area contributed by atoms with E-state index in [0.29, 0.717) is 0 Å². The molecule has 0 bridgehead atoms. The van der Waals surface area contributed by atoms with Gasteiger partial charge in [0.05, 0.1) is 6.61 Å². The monoisotopic (exact) mass is 368 g/mol. The highest BCUT2D eigenvalue weighted by Crippen LogP contribution is 2.32. The molecule has 0 amide bonds. The molecule has 9 heteroatoms. The minimum absolute atomic E-state index is 0.112. The lowest BCUT2D eigenvalue weighted by molar-refractivity contribution is -0.145. The fourth-order valence-corrected chi connectivity index (χ4v) is 2.35. The Balaban J connectivity index is 2.83. The van der Waals surface area contributed by atoms with Crippen LogP contribution in [0, 0.1) is 5.92 Å². The fourth-order valence-electron chi connectivity index (χ4n) is 1.73. The molecule has 1 aromatic carbocycles. The van der Waals surface area contributed by atoms with Crippen LogP contribution in [0.15, 0.2) is 30.3 Å². The van der Waals surface area contributed by atoms with E-state index in [0.717, 1.165) is 0 Å². The first-order chi connectivity index (χ1) is 11.0. The van der Waals surface area contributed by atoms with Crippen molar-refractivity contribution in [3.63, 3.8) is 0 Å². The Bertz CT molecular complexity index is 626. The topological polar surface area (TPSA) is 69.7 Å². The Labute approximate surface area is 138 Å². The number of benzene rings is 1. The van der Waals surface area contributed by atoms with Gasteiger partial charge in [0.1, 0.15) is 6.10 Å². The Hall–Kier alpha value is -1.61. The molecule has 136 valence electrons. The van der Waals surface area contributed by atoms with Gasteiger partial charge < -0.3 is 4.74 Å². The van der Waals surface area contributed by atoms with Crippen LogP contribution < -0.4 is 0 Å². The predicted molar refractivity (Wildman–Crippen MR) is 80.3 cm³/mol. The zero-order valence-corrected chi connectivity index (χ0v) is 14.1. The molecule has 0 aliphatic heterocycles. The molecule has 1 aromatic rings. The van der Waals surface area contributed by atoms with Crippen LogP contribution in [0.1, 0.15) is 38.4 Å². The SMILES string of the molecule is CC(C)COC(=O)CCC(OS(=O)(=O)C(F)(F)F)c1ccccc1. The lowest BCUT2D eigenvalue weighted by Crippen LogP contribution is -2.27. The van der Waals surface area contributed by atoms with E-state index in [1.54, 1.807) is 6.07 Å². The van der Waals surface area contributed by atoms with Crippen molar-refractivity contribution >= 4 is 16.1 Å². The quantitative estimate of drug-likeness (QED) is 0.399. The van der Waals surface area contributed by atoms with Crippen molar-refractivity contribution in [1.82, 2.24) is 0 Å². The normalized spacial score (nSPS) is 13.8. The molecule has 0 saturated carbocycles. The average molecular weight is 368 g/mol. The summed E-state index contributed by atoms with van der Waals surface area (Å²) in [6.45, 7) is 3.84. The molecular weight excluding hydrogens is 349 g/mol. The van der Waals surface area contributed by atoms with Crippen LogP contribution in [0.25, 0.3) is 0 Å². The van der Waals surface area contributed by atoms with Gasteiger partial charge in [-0.2, -0.15) is 21.6 Å². The lowest BCUT2D eigenvalue weighted by atomic mass is 10.1. The summed E-state index contributed by atoms with van der Waals surface area (Å²) < 4.78 is 69.2. The number of hydrogen-bond donors (Lipinski definition) is 0. The zero-order valence-electron chi connectivity index (χ0n) is 13.2. The third-order valence-electron chi connectivity index (χ3n) is 2.89. The van der Waals surface area contributed by atoms with Gasteiger partial charge >= 0.3 is 21.6 Å². The summed E-state index contributed by atoms with van der Waals surface area (Å²) in [5.74, 6) is -0.515. The molecule has 0 heterocycles. The van der Waals surface area contributed by atoms with E-state index in [-0.39, 0.29) is 30.9 Å². The second-order valence-corrected chi connectivity index (χ2v) is 7.07. The maximum Gasteiger partial charge on any atom is 0.523 e. The number of alkyl halides is 3. The molecule has 24 heavy (non-hydrogen) atoms. The molecular formula is C15H19F3O5S. The Morgan fingerprint density at radius 1 is 1.17 bits per heavy atom. The average Bonchev–Trinajstić information content (AvgIpc) is 2.49. The lowest BCUT2D eigenvalue weighted by Gasteiger charge is -2.18. The van der Waals surface area contributed by atoms with Crippen LogP contribution in [0.2, 0.25) is 0 Å². The molecule has 0 aliphatic rings. The Morgan fingerprint density at radius 2 is 1.75 bits per heavy atom.